The Bertz CT molecular complexity index is 1260. The van der Waals surface area contributed by atoms with Gasteiger partial charge in [0.2, 0.25) is 0 Å². The van der Waals surface area contributed by atoms with E-state index in [1.807, 2.05) is 67.0 Å². The van der Waals surface area contributed by atoms with Crippen molar-refractivity contribution in [3.63, 3.8) is 0 Å². The minimum absolute atomic E-state index is 0.222. The second-order valence-electron chi connectivity index (χ2n) is 6.57. The van der Waals surface area contributed by atoms with Gasteiger partial charge in [0.1, 0.15) is 16.8 Å². The molecule has 6 nitrogen and oxygen atoms in total. The van der Waals surface area contributed by atoms with E-state index in [0.29, 0.717) is 6.54 Å². The second kappa shape index (κ2) is 6.66. The van der Waals surface area contributed by atoms with Crippen molar-refractivity contribution < 1.29 is 9.74 Å². The first-order chi connectivity index (χ1) is 13.8. The summed E-state index contributed by atoms with van der Waals surface area (Å²) in [5.74, 6) is 0.222. The van der Waals surface area contributed by atoms with Crippen molar-refractivity contribution in [3.05, 3.63) is 84.7 Å². The Kier molecular flexibility index (Phi) is 3.87. The van der Waals surface area contributed by atoms with Crippen molar-refractivity contribution in [1.29, 1.82) is 0 Å². The Labute approximate surface area is 160 Å². The van der Waals surface area contributed by atoms with Gasteiger partial charge in [0.15, 0.2) is 0 Å². The fraction of sp³-hybridized carbons (Fsp3) is 0.0455. The molecule has 0 bridgehead atoms. The van der Waals surface area contributed by atoms with Crippen molar-refractivity contribution in [2.45, 2.75) is 6.54 Å². The van der Waals surface area contributed by atoms with Crippen molar-refractivity contribution in [1.82, 2.24) is 19.9 Å². The highest BCUT2D eigenvalue weighted by Crippen LogP contribution is 2.33. The van der Waals surface area contributed by atoms with Crippen LogP contribution in [0.5, 0.6) is 5.75 Å². The van der Waals surface area contributed by atoms with E-state index in [0.717, 1.165) is 39.1 Å². The number of benzene rings is 3. The number of fused-ring (bicyclic) bond motifs is 1. The lowest BCUT2D eigenvalue weighted by atomic mass is 10.0. The summed E-state index contributed by atoms with van der Waals surface area (Å²) in [5.41, 5.74) is 6.25. The highest BCUT2D eigenvalue weighted by molar-refractivity contribution is 5.79. The zero-order chi connectivity index (χ0) is 18.9. The molecule has 3 aromatic carbocycles. The molecule has 0 fully saturated rings. The largest absolute Gasteiger partial charge is 0.508 e. The van der Waals surface area contributed by atoms with E-state index in [1.165, 1.54) is 0 Å². The van der Waals surface area contributed by atoms with E-state index in [9.17, 15) is 5.11 Å². The molecule has 0 saturated carbocycles. The Morgan fingerprint density at radius 3 is 2.50 bits per heavy atom. The van der Waals surface area contributed by atoms with Crippen LogP contribution in [0.15, 0.2) is 83.8 Å². The standard InChI is InChI=1S/C22H16N4O2/c27-18-8-4-7-17(12-18)22-21(16-5-2-1-3-6-16)23-14-26(22)13-15-9-10-19-20(11-15)25-28-24-19/h1-12,14,27H,13H2. The van der Waals surface area contributed by atoms with E-state index < -0.39 is 0 Å². The first-order valence-corrected chi connectivity index (χ1v) is 8.89. The highest BCUT2D eigenvalue weighted by Gasteiger charge is 2.16. The predicted molar refractivity (Wildman–Crippen MR) is 106 cm³/mol. The Morgan fingerprint density at radius 2 is 1.64 bits per heavy atom. The number of phenols is 1. The molecule has 28 heavy (non-hydrogen) atoms. The van der Waals surface area contributed by atoms with E-state index in [2.05, 4.69) is 19.9 Å². The van der Waals surface area contributed by atoms with Gasteiger partial charge in [-0.15, -0.1) is 0 Å². The van der Waals surface area contributed by atoms with Crippen LogP contribution in [0, 0.1) is 0 Å². The van der Waals surface area contributed by atoms with Gasteiger partial charge in [-0.1, -0.05) is 48.5 Å². The number of aromatic hydroxyl groups is 1. The maximum Gasteiger partial charge on any atom is 0.135 e. The van der Waals surface area contributed by atoms with Gasteiger partial charge < -0.3 is 9.67 Å². The summed E-state index contributed by atoms with van der Waals surface area (Å²) < 4.78 is 6.87. The third-order valence-electron chi connectivity index (χ3n) is 4.68. The van der Waals surface area contributed by atoms with Crippen molar-refractivity contribution >= 4 is 11.0 Å². The highest BCUT2D eigenvalue weighted by atomic mass is 16.6. The molecule has 0 aliphatic carbocycles. The fourth-order valence-electron chi connectivity index (χ4n) is 3.39. The van der Waals surface area contributed by atoms with Gasteiger partial charge in [0, 0.05) is 17.7 Å². The molecule has 0 aliphatic heterocycles. The molecule has 2 aromatic heterocycles. The minimum Gasteiger partial charge on any atom is -0.508 e. The predicted octanol–water partition coefficient (Wildman–Crippen LogP) is 4.51. The summed E-state index contributed by atoms with van der Waals surface area (Å²) >= 11 is 0. The van der Waals surface area contributed by atoms with E-state index in [-0.39, 0.29) is 5.75 Å². The molecule has 0 unspecified atom stereocenters. The van der Waals surface area contributed by atoms with E-state index >= 15 is 0 Å². The van der Waals surface area contributed by atoms with Crippen LogP contribution in [-0.2, 0) is 6.54 Å². The summed E-state index contributed by atoms with van der Waals surface area (Å²) in [4.78, 5) is 4.68. The molecule has 0 radical (unpaired) electrons. The number of phenolic OH excluding ortho intramolecular Hbond substituents is 1. The third-order valence-corrected chi connectivity index (χ3v) is 4.68. The maximum atomic E-state index is 9.99. The molecule has 6 heteroatoms. The summed E-state index contributed by atoms with van der Waals surface area (Å²) in [6, 6.07) is 23.1. The van der Waals surface area contributed by atoms with Crippen molar-refractivity contribution in [3.8, 4) is 28.3 Å². The molecule has 5 aromatic rings. The summed E-state index contributed by atoms with van der Waals surface area (Å²) in [6.07, 6.45) is 1.83. The van der Waals surface area contributed by atoms with Crippen LogP contribution < -0.4 is 0 Å². The van der Waals surface area contributed by atoms with E-state index in [4.69, 9.17) is 4.63 Å². The van der Waals surface area contributed by atoms with Crippen molar-refractivity contribution in [2.75, 3.05) is 0 Å². The van der Waals surface area contributed by atoms with Crippen LogP contribution in [0.25, 0.3) is 33.5 Å². The Balaban J connectivity index is 1.64. The molecule has 0 saturated heterocycles. The van der Waals surface area contributed by atoms with Crippen LogP contribution in [-0.4, -0.2) is 25.0 Å². The van der Waals surface area contributed by atoms with Crippen LogP contribution in [0.1, 0.15) is 5.56 Å². The maximum absolute atomic E-state index is 9.99. The van der Waals surface area contributed by atoms with Gasteiger partial charge in [-0.25, -0.2) is 9.61 Å². The molecule has 1 N–H and O–H groups in total. The van der Waals surface area contributed by atoms with Crippen LogP contribution in [0.3, 0.4) is 0 Å². The molecule has 136 valence electrons. The Morgan fingerprint density at radius 1 is 0.821 bits per heavy atom. The molecule has 5 rings (SSSR count). The van der Waals surface area contributed by atoms with Gasteiger partial charge in [-0.3, -0.25) is 0 Å². The van der Waals surface area contributed by atoms with Gasteiger partial charge in [-0.2, -0.15) is 0 Å². The SMILES string of the molecule is Oc1cccc(-c2c(-c3ccccc3)ncn2Cc2ccc3nonc3c2)c1. The monoisotopic (exact) mass is 368 g/mol. The van der Waals surface area contributed by atoms with Crippen LogP contribution in [0.2, 0.25) is 0 Å². The minimum atomic E-state index is 0.222. The Hall–Kier alpha value is -3.93. The summed E-state index contributed by atoms with van der Waals surface area (Å²) in [5, 5.41) is 17.8. The number of hydrogen-bond donors (Lipinski definition) is 1. The lowest BCUT2D eigenvalue weighted by Crippen LogP contribution is -2.01. The number of aromatic nitrogens is 4. The van der Waals surface area contributed by atoms with Gasteiger partial charge in [-0.05, 0) is 40.1 Å². The first kappa shape index (κ1) is 16.3. The van der Waals surface area contributed by atoms with Gasteiger partial charge in [0.25, 0.3) is 0 Å². The summed E-state index contributed by atoms with van der Waals surface area (Å²) in [6.45, 7) is 0.605. The first-order valence-electron chi connectivity index (χ1n) is 8.89. The number of nitrogens with zero attached hydrogens (tertiary/aromatic N) is 4. The van der Waals surface area contributed by atoms with Gasteiger partial charge >= 0.3 is 0 Å². The number of hydrogen-bond acceptors (Lipinski definition) is 5. The topological polar surface area (TPSA) is 77.0 Å². The molecule has 2 heterocycles. The average Bonchev–Trinajstić information content (AvgIpc) is 3.35. The zero-order valence-corrected chi connectivity index (χ0v) is 14.9. The summed E-state index contributed by atoms with van der Waals surface area (Å²) in [7, 11) is 0. The smallest absolute Gasteiger partial charge is 0.135 e. The van der Waals surface area contributed by atoms with Crippen LogP contribution in [0.4, 0.5) is 0 Å². The fourth-order valence-corrected chi connectivity index (χ4v) is 3.39. The molecule has 0 amide bonds. The van der Waals surface area contributed by atoms with Crippen LogP contribution >= 0.6 is 0 Å². The third kappa shape index (κ3) is 2.91. The normalized spacial score (nSPS) is 11.1. The zero-order valence-electron chi connectivity index (χ0n) is 14.9. The van der Waals surface area contributed by atoms with Crippen molar-refractivity contribution in [2.24, 2.45) is 0 Å². The molecular weight excluding hydrogens is 352 g/mol. The van der Waals surface area contributed by atoms with E-state index in [1.54, 1.807) is 12.1 Å². The molecule has 0 spiro atoms. The number of imidazole rings is 1. The lowest BCUT2D eigenvalue weighted by Gasteiger charge is -2.11. The molecule has 0 aliphatic rings. The number of rotatable bonds is 4. The quantitative estimate of drug-likeness (QED) is 0.505. The molecule has 0 atom stereocenters. The second-order valence-corrected chi connectivity index (χ2v) is 6.57. The average molecular weight is 368 g/mol. The molecular formula is C22H16N4O2. The lowest BCUT2D eigenvalue weighted by molar-refractivity contribution is 0.315. The van der Waals surface area contributed by atoms with Gasteiger partial charge in [0.05, 0.1) is 17.7 Å².